The van der Waals surface area contributed by atoms with Crippen molar-refractivity contribution in [2.75, 3.05) is 0 Å². The van der Waals surface area contributed by atoms with Crippen molar-refractivity contribution >= 4 is 17.5 Å². The molecule has 2 aliphatic rings. The second kappa shape index (κ2) is 11.0. The number of ether oxygens (including phenoxy) is 1. The van der Waals surface area contributed by atoms with E-state index in [1.807, 2.05) is 56.0 Å². The van der Waals surface area contributed by atoms with E-state index in [4.69, 9.17) is 4.74 Å². The number of amides is 1. The Morgan fingerprint density at radius 3 is 2.31 bits per heavy atom. The molecule has 0 saturated carbocycles. The summed E-state index contributed by atoms with van der Waals surface area (Å²) >= 11 is -1.45. The zero-order chi connectivity index (χ0) is 26.0. The molecule has 196 valence electrons. The molecule has 1 amide bonds. The summed E-state index contributed by atoms with van der Waals surface area (Å²) in [7, 11) is 0. The molecule has 2 aliphatic heterocycles. The quantitative estimate of drug-likeness (QED) is 0.377. The minimum atomic E-state index is -1.45. The van der Waals surface area contributed by atoms with E-state index < -0.39 is 39.6 Å². The molecule has 2 fully saturated rings. The fourth-order valence-corrected chi connectivity index (χ4v) is 6.12. The summed E-state index contributed by atoms with van der Waals surface area (Å²) in [6.45, 7) is 5.70. The number of carbonyl (C=O) groups is 1. The molecule has 2 heterocycles. The zero-order valence-electron chi connectivity index (χ0n) is 20.8. The molecule has 1 N–H and O–H groups in total. The Kier molecular flexibility index (Phi) is 8.22. The van der Waals surface area contributed by atoms with Crippen molar-refractivity contribution in [3.63, 3.8) is 0 Å². The minimum absolute atomic E-state index is 0.0283. The highest BCUT2D eigenvalue weighted by Crippen LogP contribution is 2.41. The molecule has 0 aliphatic carbocycles. The third-order valence-corrected chi connectivity index (χ3v) is 8.73. The van der Waals surface area contributed by atoms with Crippen LogP contribution in [0.2, 0.25) is 0 Å². The first-order chi connectivity index (χ1) is 17.0. The molecule has 0 aromatic heterocycles. The molecule has 4 atom stereocenters. The molecule has 2 bridgehead atoms. The van der Waals surface area contributed by atoms with Crippen molar-refractivity contribution in [2.45, 2.75) is 82.4 Å². The molecular formula is C27H33F3N2O3S. The highest BCUT2D eigenvalue weighted by Gasteiger charge is 2.47. The topological polar surface area (TPSA) is 64.6 Å². The molecule has 3 unspecified atom stereocenters. The van der Waals surface area contributed by atoms with E-state index >= 15 is 0 Å². The third kappa shape index (κ3) is 6.18. The number of benzene rings is 2. The first kappa shape index (κ1) is 26.8. The maximum Gasteiger partial charge on any atom is 0.410 e. The van der Waals surface area contributed by atoms with Gasteiger partial charge in [0.05, 0.1) is 6.04 Å². The van der Waals surface area contributed by atoms with Crippen LogP contribution in [0.3, 0.4) is 0 Å². The maximum absolute atomic E-state index is 14.5. The van der Waals surface area contributed by atoms with E-state index in [2.05, 4.69) is 4.72 Å². The van der Waals surface area contributed by atoms with E-state index in [9.17, 15) is 22.5 Å². The Labute approximate surface area is 213 Å². The van der Waals surface area contributed by atoms with E-state index in [-0.39, 0.29) is 42.7 Å². The molecule has 4 rings (SSSR count). The van der Waals surface area contributed by atoms with Crippen LogP contribution >= 0.6 is 0 Å². The Morgan fingerprint density at radius 1 is 1.08 bits per heavy atom. The molecule has 0 radical (unpaired) electrons. The lowest BCUT2D eigenvalue weighted by atomic mass is 9.83. The predicted octanol–water partition coefficient (Wildman–Crippen LogP) is 5.65. The Hall–Kier alpha value is -2.23. The molecule has 36 heavy (non-hydrogen) atoms. The SMILES string of the molecule is CC(C)(C)[S+]([O-])N[C@@H](Cc1cc(F)c(F)cc1F)C1CC2CCC(C1)N2C(=O)OCc1ccccc1. The number of halogens is 3. The molecule has 2 saturated heterocycles. The van der Waals surface area contributed by atoms with Gasteiger partial charge in [-0.3, -0.25) is 0 Å². The summed E-state index contributed by atoms with van der Waals surface area (Å²) in [5.74, 6) is -3.20. The lowest BCUT2D eigenvalue weighted by Gasteiger charge is -2.41. The Balaban J connectivity index is 1.48. The van der Waals surface area contributed by atoms with Gasteiger partial charge >= 0.3 is 6.09 Å². The number of carbonyl (C=O) groups excluding carboxylic acids is 1. The van der Waals surface area contributed by atoms with Crippen molar-refractivity contribution < 1.29 is 27.3 Å². The van der Waals surface area contributed by atoms with Gasteiger partial charge in [0, 0.05) is 29.5 Å². The van der Waals surface area contributed by atoms with Gasteiger partial charge in [-0.15, -0.1) is 4.72 Å². The second-order valence-electron chi connectivity index (χ2n) is 10.7. The van der Waals surface area contributed by atoms with Gasteiger partial charge in [0.1, 0.15) is 17.2 Å². The lowest BCUT2D eigenvalue weighted by Crippen LogP contribution is -2.54. The summed E-state index contributed by atoms with van der Waals surface area (Å²) in [4.78, 5) is 14.8. The average molecular weight is 523 g/mol. The second-order valence-corrected chi connectivity index (χ2v) is 12.7. The van der Waals surface area contributed by atoms with E-state index in [1.54, 1.807) is 0 Å². The van der Waals surface area contributed by atoms with Crippen molar-refractivity contribution in [3.05, 3.63) is 71.0 Å². The van der Waals surface area contributed by atoms with Crippen molar-refractivity contribution in [1.82, 2.24) is 9.62 Å². The van der Waals surface area contributed by atoms with Crippen LogP contribution in [0, 0.1) is 23.4 Å². The number of rotatable bonds is 7. The maximum atomic E-state index is 14.5. The number of fused-ring (bicyclic) bond motifs is 2. The van der Waals surface area contributed by atoms with Crippen molar-refractivity contribution in [3.8, 4) is 0 Å². The Bertz CT molecular complexity index is 1050. The molecule has 5 nitrogen and oxygen atoms in total. The number of hydrogen-bond acceptors (Lipinski definition) is 4. The van der Waals surface area contributed by atoms with Crippen LogP contribution in [-0.4, -0.2) is 38.4 Å². The first-order valence-corrected chi connectivity index (χ1v) is 13.5. The normalized spacial score (nSPS) is 23.4. The van der Waals surface area contributed by atoms with Gasteiger partial charge in [-0.2, -0.15) is 0 Å². The van der Waals surface area contributed by atoms with Crippen molar-refractivity contribution in [1.29, 1.82) is 0 Å². The van der Waals surface area contributed by atoms with Gasteiger partial charge in [-0.1, -0.05) is 30.3 Å². The van der Waals surface area contributed by atoms with E-state index in [1.165, 1.54) is 0 Å². The van der Waals surface area contributed by atoms with Gasteiger partial charge in [0.15, 0.2) is 11.6 Å². The van der Waals surface area contributed by atoms with Crippen LogP contribution in [0.1, 0.15) is 57.6 Å². The monoisotopic (exact) mass is 522 g/mol. The van der Waals surface area contributed by atoms with Crippen molar-refractivity contribution in [2.24, 2.45) is 5.92 Å². The predicted molar refractivity (Wildman–Crippen MR) is 133 cm³/mol. The van der Waals surface area contributed by atoms with Gasteiger partial charge in [0.25, 0.3) is 0 Å². The average Bonchev–Trinajstić information content (AvgIpc) is 3.09. The molecule has 2 aromatic rings. The Morgan fingerprint density at radius 2 is 1.69 bits per heavy atom. The molecule has 2 aromatic carbocycles. The van der Waals surface area contributed by atoms with Crippen LogP contribution in [0.4, 0.5) is 18.0 Å². The van der Waals surface area contributed by atoms with Gasteiger partial charge in [0.2, 0.25) is 0 Å². The molecule has 9 heteroatoms. The number of nitrogens with one attached hydrogen (secondary N) is 1. The van der Waals surface area contributed by atoms with Gasteiger partial charge in [-0.05, 0) is 76.0 Å². The summed E-state index contributed by atoms with van der Waals surface area (Å²) in [6, 6.07) is 10.4. The zero-order valence-corrected chi connectivity index (χ0v) is 21.6. The minimum Gasteiger partial charge on any atom is -0.598 e. The van der Waals surface area contributed by atoms with Crippen LogP contribution in [0.5, 0.6) is 0 Å². The summed E-state index contributed by atoms with van der Waals surface area (Å²) in [5, 5.41) is 0. The number of hydrogen-bond donors (Lipinski definition) is 1. The highest BCUT2D eigenvalue weighted by molar-refractivity contribution is 7.90. The van der Waals surface area contributed by atoms with E-state index in [0.29, 0.717) is 18.9 Å². The lowest BCUT2D eigenvalue weighted by molar-refractivity contribution is 0.0483. The van der Waals surface area contributed by atoms with Gasteiger partial charge < -0.3 is 14.2 Å². The van der Waals surface area contributed by atoms with Crippen LogP contribution in [0.15, 0.2) is 42.5 Å². The fraction of sp³-hybridized carbons (Fsp3) is 0.519. The highest BCUT2D eigenvalue weighted by atomic mass is 32.2. The first-order valence-electron chi connectivity index (χ1n) is 12.3. The van der Waals surface area contributed by atoms with E-state index in [0.717, 1.165) is 24.5 Å². The smallest absolute Gasteiger partial charge is 0.410 e. The largest absolute Gasteiger partial charge is 0.598 e. The van der Waals surface area contributed by atoms with Crippen LogP contribution < -0.4 is 4.72 Å². The third-order valence-electron chi connectivity index (χ3n) is 7.10. The summed E-state index contributed by atoms with van der Waals surface area (Å²) in [6.07, 6.45) is 2.63. The standard InChI is InChI=1S/C27H33F3N2O3S/c1-27(2,3)36(34)31-25(14-18-13-23(29)24(30)15-22(18)28)19-11-20-9-10-21(12-19)32(20)26(33)35-16-17-7-5-4-6-8-17/h4-8,13,15,19-21,25,31H,9-12,14,16H2,1-3H3/t19?,20?,21?,25-,36?/m0/s1. The summed E-state index contributed by atoms with van der Waals surface area (Å²) in [5.41, 5.74) is 0.949. The fourth-order valence-electron chi connectivity index (χ4n) is 5.22. The number of nitrogens with zero attached hydrogens (tertiary/aromatic N) is 1. The van der Waals surface area contributed by atoms with Crippen LogP contribution in [-0.2, 0) is 29.1 Å². The summed E-state index contributed by atoms with van der Waals surface area (Å²) < 4.78 is 63.0. The van der Waals surface area contributed by atoms with Crippen LogP contribution in [0.25, 0.3) is 0 Å². The molecule has 0 spiro atoms. The molecular weight excluding hydrogens is 489 g/mol. The number of piperidine rings is 1. The van der Waals surface area contributed by atoms with Gasteiger partial charge in [-0.25, -0.2) is 18.0 Å².